The predicted molar refractivity (Wildman–Crippen MR) is 43.7 cm³/mol. The molecule has 0 amide bonds. The number of benzene rings is 1. The molecule has 0 bridgehead atoms. The number of hydrogen-bond acceptors (Lipinski definition) is 1. The van der Waals surface area contributed by atoms with Crippen molar-refractivity contribution in [3.05, 3.63) is 35.4 Å². The van der Waals surface area contributed by atoms with Crippen LogP contribution in [0.4, 0.5) is 8.78 Å². The molecule has 0 N–H and O–H groups in total. The molecule has 0 saturated heterocycles. The Morgan fingerprint density at radius 1 is 1.36 bits per heavy atom. The Morgan fingerprint density at radius 3 is 2.45 bits per heavy atom. The highest BCUT2D eigenvalue weighted by Gasteiger charge is 2.04. The zero-order chi connectivity index (χ0) is 8.43. The largest absolute Gasteiger partial charge is 0.207 e. The molecule has 0 fully saturated rings. The Labute approximate surface area is 68.9 Å². The van der Waals surface area contributed by atoms with Crippen molar-refractivity contribution in [2.24, 2.45) is 0 Å². The van der Waals surface area contributed by atoms with Crippen LogP contribution in [0.25, 0.3) is 0 Å². The summed E-state index contributed by atoms with van der Waals surface area (Å²) in [7, 11) is 0. The fraction of sp³-hybridized carbons (Fsp3) is 0.125. The molecule has 0 radical (unpaired) electrons. The summed E-state index contributed by atoms with van der Waals surface area (Å²) in [5.41, 5.74) is 0.167. The molecule has 0 nitrogen and oxygen atoms in total. The lowest BCUT2D eigenvalue weighted by Gasteiger charge is -1.98. The standard InChI is InChI=1S/C8H6F2S/c1-5(11)7-4-6(9)2-3-8(7)10/h2-4H,1H3. The third-order valence-corrected chi connectivity index (χ3v) is 1.53. The van der Waals surface area contributed by atoms with Gasteiger partial charge in [0, 0.05) is 10.4 Å². The zero-order valence-corrected chi connectivity index (χ0v) is 6.71. The summed E-state index contributed by atoms with van der Waals surface area (Å²) < 4.78 is 25.2. The van der Waals surface area contributed by atoms with Gasteiger partial charge in [-0.2, -0.15) is 0 Å². The van der Waals surface area contributed by atoms with E-state index >= 15 is 0 Å². The van der Waals surface area contributed by atoms with E-state index < -0.39 is 11.6 Å². The average molecular weight is 172 g/mol. The Hall–Kier alpha value is -0.830. The van der Waals surface area contributed by atoms with Gasteiger partial charge in [0.15, 0.2) is 0 Å². The number of rotatable bonds is 1. The molecule has 1 aromatic rings. The lowest BCUT2D eigenvalue weighted by molar-refractivity contribution is 0.598. The van der Waals surface area contributed by atoms with Gasteiger partial charge in [-0.1, -0.05) is 12.2 Å². The Morgan fingerprint density at radius 2 is 2.00 bits per heavy atom. The van der Waals surface area contributed by atoms with Gasteiger partial charge in [-0.3, -0.25) is 0 Å². The van der Waals surface area contributed by atoms with Crippen molar-refractivity contribution in [1.29, 1.82) is 0 Å². The summed E-state index contributed by atoms with van der Waals surface area (Å²) in [4.78, 5) is 0.363. The van der Waals surface area contributed by atoms with E-state index in [1.165, 1.54) is 0 Å². The van der Waals surface area contributed by atoms with Crippen molar-refractivity contribution in [2.75, 3.05) is 0 Å². The van der Waals surface area contributed by atoms with Crippen LogP contribution in [0.1, 0.15) is 12.5 Å². The zero-order valence-electron chi connectivity index (χ0n) is 5.90. The first-order valence-corrected chi connectivity index (χ1v) is 3.48. The van der Waals surface area contributed by atoms with Gasteiger partial charge in [0.25, 0.3) is 0 Å². The molecule has 58 valence electrons. The monoisotopic (exact) mass is 172 g/mol. The van der Waals surface area contributed by atoms with Gasteiger partial charge in [0.05, 0.1) is 0 Å². The second-order valence-electron chi connectivity index (χ2n) is 2.18. The molecule has 0 unspecified atom stereocenters. The molecule has 0 aliphatic heterocycles. The Balaban J connectivity index is 3.23. The van der Waals surface area contributed by atoms with Crippen molar-refractivity contribution in [2.45, 2.75) is 6.92 Å². The van der Waals surface area contributed by atoms with Crippen LogP contribution in [0.2, 0.25) is 0 Å². The van der Waals surface area contributed by atoms with Crippen molar-refractivity contribution < 1.29 is 8.78 Å². The van der Waals surface area contributed by atoms with E-state index in [0.29, 0.717) is 4.86 Å². The van der Waals surface area contributed by atoms with E-state index in [2.05, 4.69) is 0 Å². The summed E-state index contributed by atoms with van der Waals surface area (Å²) in [5.74, 6) is -0.940. The molecule has 11 heavy (non-hydrogen) atoms. The maximum Gasteiger partial charge on any atom is 0.131 e. The van der Waals surface area contributed by atoms with E-state index in [1.807, 2.05) is 0 Å². The summed E-state index contributed by atoms with van der Waals surface area (Å²) >= 11 is 4.70. The molecule has 3 heteroatoms. The molecule has 1 rings (SSSR count). The van der Waals surface area contributed by atoms with Crippen LogP contribution in [-0.4, -0.2) is 4.86 Å². The van der Waals surface area contributed by atoms with E-state index in [-0.39, 0.29) is 5.56 Å². The van der Waals surface area contributed by atoms with Crippen LogP contribution < -0.4 is 0 Å². The van der Waals surface area contributed by atoms with Gasteiger partial charge < -0.3 is 0 Å². The highest BCUT2D eigenvalue weighted by atomic mass is 32.1. The second kappa shape index (κ2) is 3.05. The van der Waals surface area contributed by atoms with Gasteiger partial charge in [-0.25, -0.2) is 8.78 Å². The smallest absolute Gasteiger partial charge is 0.131 e. The second-order valence-corrected chi connectivity index (χ2v) is 2.79. The third-order valence-electron chi connectivity index (χ3n) is 1.31. The predicted octanol–water partition coefficient (Wildman–Crippen LogP) is 2.70. The molecule has 0 aliphatic rings. The van der Waals surface area contributed by atoms with Crippen molar-refractivity contribution in [3.8, 4) is 0 Å². The summed E-state index contributed by atoms with van der Waals surface area (Å²) in [6, 6.07) is 3.23. The first kappa shape index (κ1) is 8.27. The number of halogens is 2. The van der Waals surface area contributed by atoms with Crippen LogP contribution in [0.3, 0.4) is 0 Å². The summed E-state index contributed by atoms with van der Waals surface area (Å²) in [5, 5.41) is 0. The Bertz CT molecular complexity index is 294. The van der Waals surface area contributed by atoms with E-state index in [4.69, 9.17) is 12.2 Å². The van der Waals surface area contributed by atoms with Gasteiger partial charge in [0.2, 0.25) is 0 Å². The molecule has 0 spiro atoms. The van der Waals surface area contributed by atoms with E-state index in [9.17, 15) is 8.78 Å². The van der Waals surface area contributed by atoms with Crippen molar-refractivity contribution >= 4 is 17.1 Å². The third kappa shape index (κ3) is 1.80. The fourth-order valence-corrected chi connectivity index (χ4v) is 0.924. The maximum absolute atomic E-state index is 12.8. The van der Waals surface area contributed by atoms with Crippen LogP contribution in [0.15, 0.2) is 18.2 Å². The maximum atomic E-state index is 12.8. The van der Waals surface area contributed by atoms with Crippen LogP contribution >= 0.6 is 12.2 Å². The molecule has 0 heterocycles. The molecule has 1 aromatic carbocycles. The number of thiocarbonyl (C=S) groups is 1. The normalized spacial score (nSPS) is 9.73. The number of hydrogen-bond donors (Lipinski definition) is 0. The molecule has 0 atom stereocenters. The molecular weight excluding hydrogens is 166 g/mol. The molecule has 0 saturated carbocycles. The van der Waals surface area contributed by atoms with Crippen LogP contribution in [0, 0.1) is 11.6 Å². The first-order valence-electron chi connectivity index (χ1n) is 3.07. The van der Waals surface area contributed by atoms with E-state index in [1.54, 1.807) is 6.92 Å². The minimum Gasteiger partial charge on any atom is -0.207 e. The van der Waals surface area contributed by atoms with Crippen LogP contribution in [-0.2, 0) is 0 Å². The van der Waals surface area contributed by atoms with Crippen molar-refractivity contribution in [3.63, 3.8) is 0 Å². The molecule has 0 aromatic heterocycles. The molecular formula is C8H6F2S. The summed E-state index contributed by atoms with van der Waals surface area (Å²) in [6.45, 7) is 1.56. The lowest BCUT2D eigenvalue weighted by Crippen LogP contribution is -1.95. The van der Waals surface area contributed by atoms with Gasteiger partial charge in [-0.15, -0.1) is 0 Å². The van der Waals surface area contributed by atoms with Crippen molar-refractivity contribution in [1.82, 2.24) is 0 Å². The minimum atomic E-state index is -0.473. The molecule has 0 aliphatic carbocycles. The highest BCUT2D eigenvalue weighted by Crippen LogP contribution is 2.10. The topological polar surface area (TPSA) is 0 Å². The quantitative estimate of drug-likeness (QED) is 0.463. The minimum absolute atomic E-state index is 0.167. The highest BCUT2D eigenvalue weighted by molar-refractivity contribution is 7.80. The first-order chi connectivity index (χ1) is 5.11. The summed E-state index contributed by atoms with van der Waals surface area (Å²) in [6.07, 6.45) is 0. The van der Waals surface area contributed by atoms with Gasteiger partial charge in [0.1, 0.15) is 11.6 Å². The van der Waals surface area contributed by atoms with Crippen LogP contribution in [0.5, 0.6) is 0 Å². The fourth-order valence-electron chi connectivity index (χ4n) is 0.767. The average Bonchev–Trinajstić information content (AvgIpc) is 1.94. The SMILES string of the molecule is CC(=S)c1cc(F)ccc1F. The Kier molecular flexibility index (Phi) is 2.29. The lowest BCUT2D eigenvalue weighted by atomic mass is 10.1. The van der Waals surface area contributed by atoms with Gasteiger partial charge >= 0.3 is 0 Å². The van der Waals surface area contributed by atoms with E-state index in [0.717, 1.165) is 18.2 Å². The van der Waals surface area contributed by atoms with Gasteiger partial charge in [-0.05, 0) is 25.1 Å².